The van der Waals surface area contributed by atoms with Gasteiger partial charge in [-0.25, -0.2) is 0 Å². The molecule has 0 radical (unpaired) electrons. The largest absolute Gasteiger partial charge is 0.454 e. The van der Waals surface area contributed by atoms with Gasteiger partial charge < -0.3 is 19.6 Å². The molecule has 1 aromatic rings. The molecule has 1 heterocycles. The fourth-order valence-electron chi connectivity index (χ4n) is 2.19. The Morgan fingerprint density at radius 2 is 2.23 bits per heavy atom. The van der Waals surface area contributed by atoms with Crippen molar-refractivity contribution in [3.63, 3.8) is 0 Å². The van der Waals surface area contributed by atoms with Crippen molar-refractivity contribution in [2.45, 2.75) is 32.2 Å². The highest BCUT2D eigenvalue weighted by Crippen LogP contribution is 2.32. The average molecular weight is 310 g/mol. The summed E-state index contributed by atoms with van der Waals surface area (Å²) in [5.41, 5.74) is 1.04. The molecule has 0 bridgehead atoms. The Morgan fingerprint density at radius 3 is 3.00 bits per heavy atom. The molecule has 1 amide bonds. The number of fused-ring (bicyclic) bond motifs is 1. The summed E-state index contributed by atoms with van der Waals surface area (Å²) in [6.45, 7) is 2.06. The van der Waals surface area contributed by atoms with Gasteiger partial charge in [0.1, 0.15) is 0 Å². The molecule has 1 aliphatic heterocycles. The van der Waals surface area contributed by atoms with E-state index in [9.17, 15) is 14.9 Å². The van der Waals surface area contributed by atoms with E-state index in [4.69, 9.17) is 9.47 Å². The van der Waals surface area contributed by atoms with Gasteiger partial charge in [0, 0.05) is 12.5 Å². The van der Waals surface area contributed by atoms with Gasteiger partial charge in [-0.2, -0.15) is 0 Å². The third-order valence-electron chi connectivity index (χ3n) is 3.13. The summed E-state index contributed by atoms with van der Waals surface area (Å²) in [6, 6.07) is 5.63. The summed E-state index contributed by atoms with van der Waals surface area (Å²) in [5.74, 6) is 1.29. The SMILES string of the molecule is CC(Cc1ccc2c(c1)OCO2)NC(=O)CCCO[N+](=O)[O-]. The van der Waals surface area contributed by atoms with E-state index in [1.54, 1.807) is 0 Å². The lowest BCUT2D eigenvalue weighted by Gasteiger charge is -2.14. The third-order valence-corrected chi connectivity index (χ3v) is 3.13. The minimum Gasteiger partial charge on any atom is -0.454 e. The maximum atomic E-state index is 11.7. The highest BCUT2D eigenvalue weighted by Gasteiger charge is 2.15. The Kier molecular flexibility index (Phi) is 5.40. The van der Waals surface area contributed by atoms with Crippen molar-refractivity contribution in [1.82, 2.24) is 5.32 Å². The van der Waals surface area contributed by atoms with Crippen molar-refractivity contribution in [3.05, 3.63) is 33.9 Å². The van der Waals surface area contributed by atoms with Crippen LogP contribution in [0.15, 0.2) is 18.2 Å². The van der Waals surface area contributed by atoms with Crippen molar-refractivity contribution in [1.29, 1.82) is 0 Å². The van der Waals surface area contributed by atoms with E-state index in [1.165, 1.54) is 0 Å². The first kappa shape index (κ1) is 15.9. The maximum Gasteiger partial charge on any atom is 0.294 e. The number of hydrogen-bond acceptors (Lipinski definition) is 6. The van der Waals surface area contributed by atoms with Gasteiger partial charge >= 0.3 is 0 Å². The van der Waals surface area contributed by atoms with Gasteiger partial charge in [-0.15, -0.1) is 10.1 Å². The quantitative estimate of drug-likeness (QED) is 0.443. The second kappa shape index (κ2) is 7.48. The maximum absolute atomic E-state index is 11.7. The second-order valence-corrected chi connectivity index (χ2v) is 5.02. The molecule has 0 aliphatic carbocycles. The van der Waals surface area contributed by atoms with Crippen LogP contribution in [-0.4, -0.2) is 30.4 Å². The van der Waals surface area contributed by atoms with Crippen LogP contribution >= 0.6 is 0 Å². The highest BCUT2D eigenvalue weighted by atomic mass is 16.9. The zero-order valence-corrected chi connectivity index (χ0v) is 12.2. The lowest BCUT2D eigenvalue weighted by Crippen LogP contribution is -2.34. The van der Waals surface area contributed by atoms with Crippen LogP contribution in [0.2, 0.25) is 0 Å². The molecule has 0 spiro atoms. The molecule has 1 N–H and O–H groups in total. The topological polar surface area (TPSA) is 99.9 Å². The molecule has 8 nitrogen and oxygen atoms in total. The smallest absolute Gasteiger partial charge is 0.294 e. The third kappa shape index (κ3) is 4.80. The van der Waals surface area contributed by atoms with E-state index in [2.05, 4.69) is 10.2 Å². The van der Waals surface area contributed by atoms with E-state index < -0.39 is 5.09 Å². The second-order valence-electron chi connectivity index (χ2n) is 5.02. The van der Waals surface area contributed by atoms with Gasteiger partial charge in [0.25, 0.3) is 5.09 Å². The molecule has 8 heteroatoms. The van der Waals surface area contributed by atoms with Gasteiger partial charge in [-0.3, -0.25) is 4.79 Å². The Bertz CT molecular complexity index is 548. The molecule has 1 aliphatic rings. The van der Waals surface area contributed by atoms with E-state index in [1.807, 2.05) is 25.1 Å². The molecule has 120 valence electrons. The van der Waals surface area contributed by atoms with Crippen LogP contribution in [0, 0.1) is 10.1 Å². The van der Waals surface area contributed by atoms with Crippen LogP contribution in [0.4, 0.5) is 0 Å². The van der Waals surface area contributed by atoms with Gasteiger partial charge in [-0.05, 0) is 37.5 Å². The van der Waals surface area contributed by atoms with Crippen molar-refractivity contribution in [3.8, 4) is 11.5 Å². The predicted octanol–water partition coefficient (Wildman–Crippen LogP) is 1.45. The molecule has 0 aromatic heterocycles. The van der Waals surface area contributed by atoms with Crippen LogP contribution in [0.3, 0.4) is 0 Å². The summed E-state index contributed by atoms with van der Waals surface area (Å²) in [4.78, 5) is 25.8. The zero-order chi connectivity index (χ0) is 15.9. The van der Waals surface area contributed by atoms with Crippen molar-refractivity contribution < 1.29 is 24.2 Å². The van der Waals surface area contributed by atoms with Crippen molar-refractivity contribution in [2.24, 2.45) is 0 Å². The molecule has 0 fully saturated rings. The molecule has 1 unspecified atom stereocenters. The van der Waals surface area contributed by atoms with Crippen LogP contribution in [0.1, 0.15) is 25.3 Å². The first-order valence-electron chi connectivity index (χ1n) is 7.00. The summed E-state index contributed by atoms with van der Waals surface area (Å²) >= 11 is 0. The van der Waals surface area contributed by atoms with E-state index in [0.29, 0.717) is 18.6 Å². The van der Waals surface area contributed by atoms with E-state index >= 15 is 0 Å². The molecule has 0 saturated carbocycles. The number of carbonyl (C=O) groups excluding carboxylic acids is 1. The van der Waals surface area contributed by atoms with Gasteiger partial charge in [0.2, 0.25) is 12.7 Å². The summed E-state index contributed by atoms with van der Waals surface area (Å²) in [5, 5.41) is 12.0. The van der Waals surface area contributed by atoms with Crippen LogP contribution in [0.25, 0.3) is 0 Å². The highest BCUT2D eigenvalue weighted by molar-refractivity contribution is 5.76. The van der Waals surface area contributed by atoms with Crippen molar-refractivity contribution >= 4 is 5.91 Å². The minimum absolute atomic E-state index is 0.0516. The Morgan fingerprint density at radius 1 is 1.45 bits per heavy atom. The number of ether oxygens (including phenoxy) is 2. The fraction of sp³-hybridized carbons (Fsp3) is 0.500. The summed E-state index contributed by atoms with van der Waals surface area (Å²) in [7, 11) is 0. The minimum atomic E-state index is -0.861. The standard InChI is InChI=1S/C14H18N2O6/c1-10(15-14(17)3-2-6-22-16(18)19)7-11-4-5-12-13(8-11)21-9-20-12/h4-5,8,10H,2-3,6-7,9H2,1H3,(H,15,17). The molecule has 22 heavy (non-hydrogen) atoms. The number of nitrogens with one attached hydrogen (secondary N) is 1. The molecular formula is C14H18N2O6. The molecule has 0 saturated heterocycles. The van der Waals surface area contributed by atoms with Crippen molar-refractivity contribution in [2.75, 3.05) is 13.4 Å². The lowest BCUT2D eigenvalue weighted by molar-refractivity contribution is -0.757. The first-order valence-corrected chi connectivity index (χ1v) is 7.00. The monoisotopic (exact) mass is 310 g/mol. The lowest BCUT2D eigenvalue weighted by atomic mass is 10.1. The van der Waals surface area contributed by atoms with Gasteiger partial charge in [-0.1, -0.05) is 6.07 Å². The molecule has 1 atom stereocenters. The normalized spacial score (nSPS) is 13.5. The number of benzene rings is 1. The Hall–Kier alpha value is -2.51. The van der Waals surface area contributed by atoms with Gasteiger partial charge in [0.05, 0.1) is 6.61 Å². The molecule has 1 aromatic carbocycles. The number of nitrogens with zero attached hydrogens (tertiary/aromatic N) is 1. The van der Waals surface area contributed by atoms with Crippen LogP contribution in [0.5, 0.6) is 11.5 Å². The van der Waals surface area contributed by atoms with Gasteiger partial charge in [0.15, 0.2) is 11.5 Å². The predicted molar refractivity (Wildman–Crippen MR) is 76.1 cm³/mol. The summed E-state index contributed by atoms with van der Waals surface area (Å²) in [6.07, 6.45) is 1.16. The number of rotatable bonds is 8. The number of carbonyl (C=O) groups is 1. The fourth-order valence-corrected chi connectivity index (χ4v) is 2.19. The van der Waals surface area contributed by atoms with Crippen LogP contribution in [-0.2, 0) is 16.1 Å². The van der Waals surface area contributed by atoms with E-state index in [0.717, 1.165) is 11.3 Å². The molecule has 2 rings (SSSR count). The zero-order valence-electron chi connectivity index (χ0n) is 12.2. The summed E-state index contributed by atoms with van der Waals surface area (Å²) < 4.78 is 10.6. The Labute approximate surface area is 127 Å². The first-order chi connectivity index (χ1) is 10.5. The average Bonchev–Trinajstić information content (AvgIpc) is 2.90. The molecular weight excluding hydrogens is 292 g/mol. The Balaban J connectivity index is 1.72. The number of hydrogen-bond donors (Lipinski definition) is 1. The van der Waals surface area contributed by atoms with Crippen LogP contribution < -0.4 is 14.8 Å². The number of amides is 1. The van der Waals surface area contributed by atoms with E-state index in [-0.39, 0.29) is 31.8 Å².